The molecule has 6 aromatic carbocycles. The minimum Gasteiger partial charge on any atom is -0.497 e. The molecule has 0 saturated heterocycles. The number of nitrogens with zero attached hydrogens (tertiary/aromatic N) is 4. The van der Waals surface area contributed by atoms with E-state index in [1.54, 1.807) is 0 Å². The van der Waals surface area contributed by atoms with Crippen molar-refractivity contribution in [1.82, 2.24) is 18.8 Å². The normalized spacial score (nSPS) is 11.6. The zero-order valence-corrected chi connectivity index (χ0v) is 27.6. The molecule has 0 fully saturated rings. The van der Waals surface area contributed by atoms with Crippen molar-refractivity contribution >= 4 is 54.6 Å². The predicted molar refractivity (Wildman–Crippen MR) is 189 cm³/mol. The van der Waals surface area contributed by atoms with E-state index in [-0.39, 0.29) is 21.1 Å². The van der Waals surface area contributed by atoms with E-state index in [2.05, 4.69) is 118 Å². The number of para-hydroxylation sites is 1. The maximum Gasteiger partial charge on any atom is 2.00 e. The maximum atomic E-state index is 6.47. The van der Waals surface area contributed by atoms with Crippen LogP contribution in [0.25, 0.3) is 76.9 Å². The van der Waals surface area contributed by atoms with Gasteiger partial charge in [-0.2, -0.15) is 0 Å². The minimum atomic E-state index is 0. The first-order chi connectivity index (χ1) is 23.3. The fraction of sp³-hybridized carbons (Fsp3) is 0. The molecular formula is C42H24N4OPt. The zero-order valence-electron chi connectivity index (χ0n) is 25.4. The second kappa shape index (κ2) is 11.2. The quantitative estimate of drug-likeness (QED) is 0.132. The van der Waals surface area contributed by atoms with Crippen LogP contribution in [0.3, 0.4) is 0 Å². The predicted octanol–water partition coefficient (Wildman–Crippen LogP) is 10.3. The van der Waals surface area contributed by atoms with Crippen molar-refractivity contribution in [2.24, 2.45) is 0 Å². The number of benzene rings is 6. The molecule has 0 aliphatic heterocycles. The van der Waals surface area contributed by atoms with E-state index >= 15 is 0 Å². The Morgan fingerprint density at radius 3 is 1.83 bits per heavy atom. The first-order valence-corrected chi connectivity index (χ1v) is 15.6. The van der Waals surface area contributed by atoms with Crippen LogP contribution in [0.1, 0.15) is 0 Å². The molecule has 0 bridgehead atoms. The summed E-state index contributed by atoms with van der Waals surface area (Å²) in [5.74, 6) is 1.20. The molecule has 0 aliphatic carbocycles. The van der Waals surface area contributed by atoms with E-state index in [9.17, 15) is 0 Å². The van der Waals surface area contributed by atoms with Crippen LogP contribution in [-0.2, 0) is 21.1 Å². The summed E-state index contributed by atoms with van der Waals surface area (Å²) in [4.78, 5) is 9.47. The van der Waals surface area contributed by atoms with Gasteiger partial charge in [-0.05, 0) is 33.5 Å². The standard InChI is InChI=1S/C42H24N4O.Pt/c1-3-8-27(9-4-1)29-14-19-39-36(24-29)34-18-16-31(26-38(34)41-43-20-22-45(39)41)47-30-15-17-33-35-13-7-12-32(28-10-5-2-6-11-28)40(35)46-23-21-44-42(46)37(33)25-30;/h1-24H;/q-2;+2. The summed E-state index contributed by atoms with van der Waals surface area (Å²) < 4.78 is 10.8. The fourth-order valence-electron chi connectivity index (χ4n) is 6.98. The number of ether oxygens (including phenoxy) is 1. The molecule has 0 amide bonds. The van der Waals surface area contributed by atoms with Crippen molar-refractivity contribution in [2.45, 2.75) is 0 Å². The van der Waals surface area contributed by atoms with Gasteiger partial charge in [0.15, 0.2) is 0 Å². The van der Waals surface area contributed by atoms with Gasteiger partial charge in [0.1, 0.15) is 0 Å². The molecule has 10 rings (SSSR count). The zero-order chi connectivity index (χ0) is 30.9. The molecule has 0 atom stereocenters. The van der Waals surface area contributed by atoms with Gasteiger partial charge in [0.05, 0.1) is 11.3 Å². The van der Waals surface area contributed by atoms with Crippen LogP contribution in [0.15, 0.2) is 146 Å². The molecule has 0 aliphatic rings. The number of fused-ring (bicyclic) bond motifs is 12. The van der Waals surface area contributed by atoms with Gasteiger partial charge in [-0.3, -0.25) is 9.97 Å². The molecule has 4 heterocycles. The van der Waals surface area contributed by atoms with Crippen LogP contribution in [0.5, 0.6) is 11.5 Å². The van der Waals surface area contributed by atoms with Crippen molar-refractivity contribution in [1.29, 1.82) is 0 Å². The van der Waals surface area contributed by atoms with E-state index in [0.29, 0.717) is 11.5 Å². The SMILES string of the molecule is [Pt+2].[c-]1c(Oc2[c-]c3c(cc2)c2cccc(-c4ccccc4)c2n2ccnc32)ccc2c1c1nccn1c1ccc(-c3ccccc3)cc21. The van der Waals surface area contributed by atoms with E-state index in [4.69, 9.17) is 14.7 Å². The third-order valence-corrected chi connectivity index (χ3v) is 9.09. The van der Waals surface area contributed by atoms with Crippen molar-refractivity contribution in [2.75, 3.05) is 0 Å². The summed E-state index contributed by atoms with van der Waals surface area (Å²) in [5, 5.41) is 6.23. The van der Waals surface area contributed by atoms with Crippen LogP contribution < -0.4 is 4.74 Å². The van der Waals surface area contributed by atoms with Crippen LogP contribution >= 0.6 is 0 Å². The van der Waals surface area contributed by atoms with Gasteiger partial charge in [0, 0.05) is 52.9 Å². The van der Waals surface area contributed by atoms with Crippen molar-refractivity contribution in [3.8, 4) is 33.8 Å². The van der Waals surface area contributed by atoms with Crippen LogP contribution in [0.2, 0.25) is 0 Å². The second-order valence-corrected chi connectivity index (χ2v) is 11.7. The first-order valence-electron chi connectivity index (χ1n) is 15.6. The Bertz CT molecular complexity index is 2780. The Labute approximate surface area is 290 Å². The van der Waals surface area contributed by atoms with Crippen molar-refractivity contribution in [3.05, 3.63) is 158 Å². The number of hydrogen-bond donors (Lipinski definition) is 0. The summed E-state index contributed by atoms with van der Waals surface area (Å²) in [6, 6.07) is 49.2. The Morgan fingerprint density at radius 2 is 1.12 bits per heavy atom. The largest absolute Gasteiger partial charge is 2.00 e. The molecule has 6 heteroatoms. The maximum absolute atomic E-state index is 6.47. The molecule has 0 unspecified atom stereocenters. The molecule has 228 valence electrons. The van der Waals surface area contributed by atoms with Gasteiger partial charge in [0.25, 0.3) is 0 Å². The molecule has 0 spiro atoms. The topological polar surface area (TPSA) is 43.8 Å². The van der Waals surface area contributed by atoms with Crippen LogP contribution in [-0.4, -0.2) is 18.8 Å². The number of hydrogen-bond acceptors (Lipinski definition) is 3. The summed E-state index contributed by atoms with van der Waals surface area (Å²) in [5.41, 5.74) is 8.57. The Hall–Kier alpha value is -5.77. The molecule has 0 saturated carbocycles. The van der Waals surface area contributed by atoms with Gasteiger partial charge >= 0.3 is 21.1 Å². The monoisotopic (exact) mass is 795 g/mol. The molecule has 5 nitrogen and oxygen atoms in total. The van der Waals surface area contributed by atoms with Crippen LogP contribution in [0.4, 0.5) is 0 Å². The molecule has 4 aromatic heterocycles. The van der Waals surface area contributed by atoms with E-state index in [1.165, 1.54) is 16.7 Å². The average Bonchev–Trinajstić information content (AvgIpc) is 3.84. The fourth-order valence-corrected chi connectivity index (χ4v) is 6.98. The summed E-state index contributed by atoms with van der Waals surface area (Å²) in [6.07, 6.45) is 7.70. The number of rotatable bonds is 4. The van der Waals surface area contributed by atoms with Gasteiger partial charge in [-0.1, -0.05) is 137 Å². The third kappa shape index (κ3) is 4.35. The molecule has 10 aromatic rings. The number of aromatic nitrogens is 4. The Morgan fingerprint density at radius 1 is 0.500 bits per heavy atom. The Kier molecular flexibility index (Phi) is 6.63. The van der Waals surface area contributed by atoms with Crippen LogP contribution in [0, 0.1) is 12.1 Å². The number of pyridine rings is 2. The first kappa shape index (κ1) is 28.5. The summed E-state index contributed by atoms with van der Waals surface area (Å²) in [6.45, 7) is 0. The molecule has 0 N–H and O–H groups in total. The third-order valence-electron chi connectivity index (χ3n) is 9.09. The van der Waals surface area contributed by atoms with Crippen molar-refractivity contribution < 1.29 is 25.8 Å². The van der Waals surface area contributed by atoms with Gasteiger partial charge in [-0.15, -0.1) is 12.1 Å². The van der Waals surface area contributed by atoms with E-state index in [1.807, 2.05) is 49.1 Å². The Balaban J connectivity index is 0.00000314. The van der Waals surface area contributed by atoms with Crippen molar-refractivity contribution in [3.63, 3.8) is 0 Å². The minimum absolute atomic E-state index is 0. The van der Waals surface area contributed by atoms with Gasteiger partial charge < -0.3 is 13.5 Å². The van der Waals surface area contributed by atoms with Gasteiger partial charge in [-0.25, -0.2) is 0 Å². The van der Waals surface area contributed by atoms with E-state index < -0.39 is 0 Å². The van der Waals surface area contributed by atoms with Gasteiger partial charge in [0.2, 0.25) is 0 Å². The average molecular weight is 796 g/mol. The molecule has 48 heavy (non-hydrogen) atoms. The number of imidazole rings is 2. The summed E-state index contributed by atoms with van der Waals surface area (Å²) >= 11 is 0. The summed E-state index contributed by atoms with van der Waals surface area (Å²) in [7, 11) is 0. The second-order valence-electron chi connectivity index (χ2n) is 11.7. The molecular weight excluding hydrogens is 772 g/mol. The molecule has 0 radical (unpaired) electrons. The smallest absolute Gasteiger partial charge is 0.497 e. The van der Waals surface area contributed by atoms with E-state index in [0.717, 1.165) is 60.2 Å².